The number of aryl methyl sites for hydroxylation is 1. The molecule has 0 unspecified atom stereocenters. The first-order valence-corrected chi connectivity index (χ1v) is 8.25. The molecule has 9 heteroatoms. The molecule has 8 nitrogen and oxygen atoms in total. The number of aliphatic hydroxyl groups is 1. The minimum atomic E-state index is -3.92. The second-order valence-electron chi connectivity index (χ2n) is 5.36. The van der Waals surface area contributed by atoms with E-state index in [1.54, 1.807) is 0 Å². The largest absolute Gasteiger partial charge is 0.476 e. The fraction of sp³-hybridized carbons (Fsp3) is 0.667. The van der Waals surface area contributed by atoms with Gasteiger partial charge in [0, 0.05) is 6.54 Å². The monoisotopic (exact) mass is 317 g/mol. The Bertz CT molecular complexity index is 617. The number of aromatic nitrogens is 2. The van der Waals surface area contributed by atoms with Gasteiger partial charge in [0.15, 0.2) is 5.69 Å². The fourth-order valence-electron chi connectivity index (χ4n) is 2.54. The Morgan fingerprint density at radius 1 is 1.38 bits per heavy atom. The number of carboxylic acid groups (broad SMARTS) is 1. The highest BCUT2D eigenvalue weighted by molar-refractivity contribution is 7.89. The average molecular weight is 317 g/mol. The number of hydrogen-bond donors (Lipinski definition) is 4. The Labute approximate surface area is 122 Å². The minimum Gasteiger partial charge on any atom is -0.476 e. The van der Waals surface area contributed by atoms with Gasteiger partial charge in [-0.25, -0.2) is 17.9 Å². The van der Waals surface area contributed by atoms with Crippen LogP contribution in [0.15, 0.2) is 4.90 Å². The highest BCUT2D eigenvalue weighted by atomic mass is 32.2. The number of aromatic amines is 1. The average Bonchev–Trinajstić information content (AvgIpc) is 2.81. The van der Waals surface area contributed by atoms with Crippen LogP contribution in [0.5, 0.6) is 0 Å². The Balaban J connectivity index is 2.09. The molecule has 0 spiro atoms. The molecule has 0 aliphatic heterocycles. The lowest BCUT2D eigenvalue weighted by Crippen LogP contribution is -2.33. The molecule has 1 aliphatic rings. The van der Waals surface area contributed by atoms with Crippen molar-refractivity contribution in [3.8, 4) is 0 Å². The van der Waals surface area contributed by atoms with Crippen LogP contribution in [0.25, 0.3) is 0 Å². The SMILES string of the molecule is Cc1[nH]nc(C(=O)O)c1S(=O)(=O)NCC1CCC(O)CC1. The van der Waals surface area contributed by atoms with E-state index in [0.717, 1.165) is 12.8 Å². The first-order valence-electron chi connectivity index (χ1n) is 6.77. The second kappa shape index (κ2) is 6.12. The standard InChI is InChI=1S/C12H19N3O5S/c1-7-11(10(12(17)18)15-14-7)21(19,20)13-6-8-2-4-9(16)5-3-8/h8-9,13,16H,2-6H2,1H3,(H,14,15)(H,17,18). The van der Waals surface area contributed by atoms with Gasteiger partial charge in [-0.15, -0.1) is 0 Å². The van der Waals surface area contributed by atoms with E-state index < -0.39 is 21.7 Å². The topological polar surface area (TPSA) is 132 Å². The number of hydrogen-bond acceptors (Lipinski definition) is 5. The van der Waals surface area contributed by atoms with E-state index in [0.29, 0.717) is 12.8 Å². The maximum absolute atomic E-state index is 12.3. The molecule has 1 fully saturated rings. The van der Waals surface area contributed by atoms with Crippen LogP contribution in [0, 0.1) is 12.8 Å². The quantitative estimate of drug-likeness (QED) is 0.615. The molecular weight excluding hydrogens is 298 g/mol. The Kier molecular flexibility index (Phi) is 4.64. The molecular formula is C12H19N3O5S. The Hall–Kier alpha value is -1.45. The predicted octanol–water partition coefficient (Wildman–Crippen LogP) is 0.246. The van der Waals surface area contributed by atoms with Crippen LogP contribution in [-0.2, 0) is 10.0 Å². The molecule has 1 heterocycles. The number of sulfonamides is 1. The van der Waals surface area contributed by atoms with E-state index >= 15 is 0 Å². The van der Waals surface area contributed by atoms with Gasteiger partial charge in [0.1, 0.15) is 4.90 Å². The van der Waals surface area contributed by atoms with Crippen LogP contribution in [0.1, 0.15) is 41.9 Å². The van der Waals surface area contributed by atoms with Crippen molar-refractivity contribution in [2.75, 3.05) is 6.54 Å². The minimum absolute atomic E-state index is 0.156. The van der Waals surface area contributed by atoms with Crippen LogP contribution in [0.2, 0.25) is 0 Å². The van der Waals surface area contributed by atoms with Crippen LogP contribution < -0.4 is 4.72 Å². The predicted molar refractivity (Wildman–Crippen MR) is 73.4 cm³/mol. The molecule has 118 valence electrons. The van der Waals surface area contributed by atoms with Gasteiger partial charge in [0.05, 0.1) is 11.8 Å². The second-order valence-corrected chi connectivity index (χ2v) is 7.06. The lowest BCUT2D eigenvalue weighted by Gasteiger charge is -2.25. The van der Waals surface area contributed by atoms with Crippen LogP contribution >= 0.6 is 0 Å². The van der Waals surface area contributed by atoms with E-state index in [9.17, 15) is 18.3 Å². The molecule has 0 bridgehead atoms. The van der Waals surface area contributed by atoms with Crippen molar-refractivity contribution < 1.29 is 23.4 Å². The zero-order valence-corrected chi connectivity index (χ0v) is 12.5. The molecule has 1 saturated carbocycles. The van der Waals surface area contributed by atoms with Crippen molar-refractivity contribution in [1.29, 1.82) is 0 Å². The molecule has 0 aromatic carbocycles. The van der Waals surface area contributed by atoms with E-state index in [1.165, 1.54) is 6.92 Å². The molecule has 0 amide bonds. The summed E-state index contributed by atoms with van der Waals surface area (Å²) >= 11 is 0. The maximum atomic E-state index is 12.3. The Morgan fingerprint density at radius 2 is 2.00 bits per heavy atom. The smallest absolute Gasteiger partial charge is 0.357 e. The van der Waals surface area contributed by atoms with Crippen LogP contribution in [-0.4, -0.2) is 47.4 Å². The lowest BCUT2D eigenvalue weighted by atomic mass is 9.88. The van der Waals surface area contributed by atoms with Gasteiger partial charge in [0.25, 0.3) is 0 Å². The van der Waals surface area contributed by atoms with Crippen molar-refractivity contribution in [2.24, 2.45) is 5.92 Å². The maximum Gasteiger partial charge on any atom is 0.357 e. The molecule has 0 saturated heterocycles. The van der Waals surface area contributed by atoms with E-state index in [2.05, 4.69) is 14.9 Å². The number of aliphatic hydroxyl groups excluding tert-OH is 1. The van der Waals surface area contributed by atoms with Gasteiger partial charge in [-0.05, 0) is 38.5 Å². The summed E-state index contributed by atoms with van der Waals surface area (Å²) in [7, 11) is -3.92. The van der Waals surface area contributed by atoms with Crippen molar-refractivity contribution in [1.82, 2.24) is 14.9 Å². The summed E-state index contributed by atoms with van der Waals surface area (Å²) in [4.78, 5) is 10.7. The van der Waals surface area contributed by atoms with Gasteiger partial charge in [-0.3, -0.25) is 5.10 Å². The summed E-state index contributed by atoms with van der Waals surface area (Å²) in [5.41, 5.74) is -0.307. The molecule has 0 atom stereocenters. The third kappa shape index (κ3) is 3.60. The molecule has 0 radical (unpaired) electrons. The van der Waals surface area contributed by atoms with Gasteiger partial charge in [-0.1, -0.05) is 0 Å². The third-order valence-electron chi connectivity index (χ3n) is 3.74. The number of carbonyl (C=O) groups is 1. The molecule has 2 rings (SSSR count). The van der Waals surface area contributed by atoms with Gasteiger partial charge >= 0.3 is 5.97 Å². The third-order valence-corrected chi connectivity index (χ3v) is 5.32. The number of aromatic carboxylic acids is 1. The number of rotatable bonds is 5. The summed E-state index contributed by atoms with van der Waals surface area (Å²) in [5, 5.41) is 24.3. The van der Waals surface area contributed by atoms with E-state index in [-0.39, 0.29) is 29.2 Å². The van der Waals surface area contributed by atoms with Gasteiger partial charge in [-0.2, -0.15) is 5.10 Å². The highest BCUT2D eigenvalue weighted by Crippen LogP contribution is 2.24. The first-order chi connectivity index (χ1) is 9.81. The van der Waals surface area contributed by atoms with Crippen molar-refractivity contribution in [3.63, 3.8) is 0 Å². The summed E-state index contributed by atoms with van der Waals surface area (Å²) in [6.07, 6.45) is 2.53. The Morgan fingerprint density at radius 3 is 2.57 bits per heavy atom. The summed E-state index contributed by atoms with van der Waals surface area (Å²) in [6, 6.07) is 0. The first kappa shape index (κ1) is 15.9. The molecule has 1 aliphatic carbocycles. The zero-order chi connectivity index (χ0) is 15.6. The van der Waals surface area contributed by atoms with Crippen LogP contribution in [0.4, 0.5) is 0 Å². The molecule has 21 heavy (non-hydrogen) atoms. The van der Waals surface area contributed by atoms with Crippen molar-refractivity contribution in [2.45, 2.75) is 43.6 Å². The summed E-state index contributed by atoms with van der Waals surface area (Å²) in [6.45, 7) is 1.70. The lowest BCUT2D eigenvalue weighted by molar-refractivity contribution is 0.0686. The number of H-pyrrole nitrogens is 1. The van der Waals surface area contributed by atoms with Crippen LogP contribution in [0.3, 0.4) is 0 Å². The normalized spacial score (nSPS) is 23.1. The number of nitrogens with one attached hydrogen (secondary N) is 2. The number of nitrogens with zero attached hydrogens (tertiary/aromatic N) is 1. The van der Waals surface area contributed by atoms with E-state index in [4.69, 9.17) is 5.11 Å². The van der Waals surface area contributed by atoms with Gasteiger partial charge in [0.2, 0.25) is 10.0 Å². The fourth-order valence-corrected chi connectivity index (χ4v) is 3.98. The summed E-state index contributed by atoms with van der Waals surface area (Å²) < 4.78 is 27.0. The van der Waals surface area contributed by atoms with Crippen molar-refractivity contribution in [3.05, 3.63) is 11.4 Å². The molecule has 1 aromatic rings. The molecule has 4 N–H and O–H groups in total. The number of carboxylic acids is 1. The summed E-state index contributed by atoms with van der Waals surface area (Å²) in [5.74, 6) is -1.23. The zero-order valence-electron chi connectivity index (χ0n) is 11.7. The molecule has 1 aromatic heterocycles. The van der Waals surface area contributed by atoms with E-state index in [1.807, 2.05) is 0 Å². The van der Waals surface area contributed by atoms with Gasteiger partial charge < -0.3 is 10.2 Å². The highest BCUT2D eigenvalue weighted by Gasteiger charge is 2.29. The van der Waals surface area contributed by atoms with Crippen molar-refractivity contribution >= 4 is 16.0 Å².